The number of unbranched alkanes of at least 4 members (excludes halogenated alkanes) is 13. The molecule has 0 aromatic carbocycles. The quantitative estimate of drug-likeness (QED) is 0.223. The zero-order valence-corrected chi connectivity index (χ0v) is 18.8. The van der Waals surface area contributed by atoms with Crippen LogP contribution in [-0.2, 0) is 6.54 Å². The van der Waals surface area contributed by atoms with Crippen LogP contribution >= 0.6 is 22.7 Å². The lowest BCUT2D eigenvalue weighted by molar-refractivity contribution is 0.528. The van der Waals surface area contributed by atoms with Crippen LogP contribution < -0.4 is 0 Å². The predicted octanol–water partition coefficient (Wildman–Crippen LogP) is 9.40. The van der Waals surface area contributed by atoms with Crippen LogP contribution in [0.25, 0.3) is 20.4 Å². The summed E-state index contributed by atoms with van der Waals surface area (Å²) in [5.41, 5.74) is 2.91. The first-order chi connectivity index (χ1) is 13.4. The molecule has 3 aromatic heterocycles. The highest BCUT2D eigenvalue weighted by atomic mass is 32.1. The van der Waals surface area contributed by atoms with Crippen molar-refractivity contribution in [3.05, 3.63) is 22.9 Å². The normalized spacial score (nSPS) is 11.9. The van der Waals surface area contributed by atoms with Crippen molar-refractivity contribution in [1.29, 1.82) is 0 Å². The molecule has 0 saturated carbocycles. The van der Waals surface area contributed by atoms with E-state index in [1.54, 1.807) is 0 Å². The topological polar surface area (TPSA) is 4.93 Å². The molecule has 0 saturated heterocycles. The lowest BCUT2D eigenvalue weighted by Crippen LogP contribution is -1.96. The van der Waals surface area contributed by atoms with Gasteiger partial charge in [0.25, 0.3) is 0 Å². The van der Waals surface area contributed by atoms with Crippen molar-refractivity contribution in [2.45, 2.75) is 103 Å². The Labute approximate surface area is 173 Å². The molecule has 0 amide bonds. The molecule has 0 aliphatic carbocycles. The van der Waals surface area contributed by atoms with Crippen LogP contribution in [0.15, 0.2) is 22.9 Å². The van der Waals surface area contributed by atoms with Gasteiger partial charge in [0.1, 0.15) is 0 Å². The summed E-state index contributed by atoms with van der Waals surface area (Å²) in [6.45, 7) is 3.48. The number of rotatable bonds is 15. The maximum absolute atomic E-state index is 2.55. The Morgan fingerprint density at radius 1 is 0.593 bits per heavy atom. The van der Waals surface area contributed by atoms with Gasteiger partial charge in [-0.25, -0.2) is 0 Å². The molecule has 0 aliphatic heterocycles. The molecule has 0 aliphatic rings. The van der Waals surface area contributed by atoms with E-state index in [0.29, 0.717) is 0 Å². The van der Waals surface area contributed by atoms with Gasteiger partial charge in [0.15, 0.2) is 0 Å². The van der Waals surface area contributed by atoms with Crippen molar-refractivity contribution < 1.29 is 0 Å². The van der Waals surface area contributed by atoms with Gasteiger partial charge in [-0.05, 0) is 29.3 Å². The third-order valence-corrected chi connectivity index (χ3v) is 7.78. The van der Waals surface area contributed by atoms with E-state index >= 15 is 0 Å². The van der Waals surface area contributed by atoms with E-state index in [4.69, 9.17) is 0 Å². The molecular formula is C24H37NS2. The zero-order chi connectivity index (χ0) is 18.7. The van der Waals surface area contributed by atoms with Gasteiger partial charge in [0.05, 0.1) is 20.4 Å². The molecule has 1 nitrogen and oxygen atoms in total. The highest BCUT2D eigenvalue weighted by Gasteiger charge is 2.12. The van der Waals surface area contributed by atoms with Crippen LogP contribution in [0.1, 0.15) is 96.8 Å². The van der Waals surface area contributed by atoms with Crippen molar-refractivity contribution in [1.82, 2.24) is 4.57 Å². The van der Waals surface area contributed by atoms with E-state index < -0.39 is 0 Å². The molecule has 3 heterocycles. The second kappa shape index (κ2) is 11.9. The summed E-state index contributed by atoms with van der Waals surface area (Å²) in [5, 5.41) is 4.48. The van der Waals surface area contributed by atoms with Crippen molar-refractivity contribution in [3.8, 4) is 0 Å². The van der Waals surface area contributed by atoms with E-state index in [0.717, 1.165) is 0 Å². The second-order valence-corrected chi connectivity index (χ2v) is 9.85. The Kier molecular flexibility index (Phi) is 9.23. The van der Waals surface area contributed by atoms with Crippen molar-refractivity contribution in [2.24, 2.45) is 0 Å². The minimum atomic E-state index is 1.19. The summed E-state index contributed by atoms with van der Waals surface area (Å²) in [5.74, 6) is 0. The van der Waals surface area contributed by atoms with Crippen LogP contribution in [0.2, 0.25) is 0 Å². The molecule has 3 rings (SSSR count). The largest absolute Gasteiger partial charge is 0.339 e. The summed E-state index contributed by atoms with van der Waals surface area (Å²) >= 11 is 3.79. The lowest BCUT2D eigenvalue weighted by Gasteiger charge is -2.06. The number of aryl methyl sites for hydroxylation is 1. The van der Waals surface area contributed by atoms with Crippen LogP contribution in [0.5, 0.6) is 0 Å². The van der Waals surface area contributed by atoms with Crippen molar-refractivity contribution in [3.63, 3.8) is 0 Å². The Hall–Kier alpha value is -0.800. The Bertz CT molecular complexity index is 716. The number of nitrogens with zero attached hydrogens (tertiary/aromatic N) is 1. The molecule has 150 valence electrons. The summed E-state index contributed by atoms with van der Waals surface area (Å²) in [4.78, 5) is 0. The summed E-state index contributed by atoms with van der Waals surface area (Å²) < 4.78 is 5.54. The maximum atomic E-state index is 2.55. The number of hydrogen-bond donors (Lipinski definition) is 0. The molecule has 0 unspecified atom stereocenters. The van der Waals surface area contributed by atoms with E-state index in [2.05, 4.69) is 34.4 Å². The van der Waals surface area contributed by atoms with Gasteiger partial charge in [-0.1, -0.05) is 90.4 Å². The third-order valence-electron chi connectivity index (χ3n) is 5.81. The summed E-state index contributed by atoms with van der Waals surface area (Å²) in [6.07, 6.45) is 20.0. The van der Waals surface area contributed by atoms with E-state index in [9.17, 15) is 0 Å². The van der Waals surface area contributed by atoms with Crippen LogP contribution in [0.3, 0.4) is 0 Å². The first-order valence-electron chi connectivity index (χ1n) is 11.3. The number of thiophene rings is 2. The van der Waals surface area contributed by atoms with Gasteiger partial charge in [0, 0.05) is 6.54 Å². The first kappa shape index (κ1) is 20.9. The fourth-order valence-corrected chi connectivity index (χ4v) is 6.18. The van der Waals surface area contributed by atoms with Crippen molar-refractivity contribution in [2.75, 3.05) is 0 Å². The SMILES string of the molecule is CCCCCCCCCCCCCCCCn1c2ccsc2c2sccc21. The minimum absolute atomic E-state index is 1.19. The molecule has 0 atom stereocenters. The minimum Gasteiger partial charge on any atom is -0.339 e. The van der Waals surface area contributed by atoms with Crippen LogP contribution in [-0.4, -0.2) is 4.57 Å². The predicted molar refractivity (Wildman–Crippen MR) is 126 cm³/mol. The van der Waals surface area contributed by atoms with Crippen LogP contribution in [0.4, 0.5) is 0 Å². The molecule has 0 spiro atoms. The van der Waals surface area contributed by atoms with Gasteiger partial charge in [-0.2, -0.15) is 0 Å². The third kappa shape index (κ3) is 6.09. The van der Waals surface area contributed by atoms with Gasteiger partial charge in [-0.15, -0.1) is 22.7 Å². The Morgan fingerprint density at radius 2 is 1.00 bits per heavy atom. The van der Waals surface area contributed by atoms with Crippen molar-refractivity contribution >= 4 is 43.1 Å². The van der Waals surface area contributed by atoms with E-state index in [1.165, 1.54) is 117 Å². The number of fused-ring (bicyclic) bond motifs is 3. The lowest BCUT2D eigenvalue weighted by atomic mass is 10.0. The number of aromatic nitrogens is 1. The molecule has 0 radical (unpaired) electrons. The molecule has 0 N–H and O–H groups in total. The molecule has 0 fully saturated rings. The Morgan fingerprint density at radius 3 is 1.44 bits per heavy atom. The average molecular weight is 404 g/mol. The van der Waals surface area contributed by atoms with Gasteiger partial charge >= 0.3 is 0 Å². The van der Waals surface area contributed by atoms with Gasteiger partial charge in [0.2, 0.25) is 0 Å². The zero-order valence-electron chi connectivity index (χ0n) is 17.2. The van der Waals surface area contributed by atoms with Gasteiger partial charge in [-0.3, -0.25) is 0 Å². The van der Waals surface area contributed by atoms with E-state index in [1.807, 2.05) is 22.7 Å². The standard InChI is InChI=1S/C24H37NS2/c1-2-3-4-5-6-7-8-9-10-11-12-13-14-15-18-25-21-16-19-26-23(21)24-22(25)17-20-27-24/h16-17,19-20H,2-15,18H2,1H3. The molecular weight excluding hydrogens is 366 g/mol. The molecule has 0 bridgehead atoms. The highest BCUT2D eigenvalue weighted by molar-refractivity contribution is 7.25. The fourth-order valence-electron chi connectivity index (χ4n) is 4.21. The smallest absolute Gasteiger partial charge is 0.0700 e. The second-order valence-electron chi connectivity index (χ2n) is 8.02. The number of hydrogen-bond acceptors (Lipinski definition) is 2. The first-order valence-corrected chi connectivity index (χ1v) is 13.1. The van der Waals surface area contributed by atoms with Gasteiger partial charge < -0.3 is 4.57 Å². The summed E-state index contributed by atoms with van der Waals surface area (Å²) in [7, 11) is 0. The summed E-state index contributed by atoms with van der Waals surface area (Å²) in [6, 6.07) is 4.60. The monoisotopic (exact) mass is 403 g/mol. The van der Waals surface area contributed by atoms with E-state index in [-0.39, 0.29) is 0 Å². The highest BCUT2D eigenvalue weighted by Crippen LogP contribution is 2.36. The maximum Gasteiger partial charge on any atom is 0.0700 e. The molecule has 3 aromatic rings. The molecule has 3 heteroatoms. The fraction of sp³-hybridized carbons (Fsp3) is 0.667. The average Bonchev–Trinajstić information content (AvgIpc) is 3.37. The Balaban J connectivity index is 1.20. The van der Waals surface area contributed by atoms with Crippen LogP contribution in [0, 0.1) is 0 Å². The molecule has 27 heavy (non-hydrogen) atoms.